The van der Waals surface area contributed by atoms with Crippen molar-refractivity contribution in [3.8, 4) is 0 Å². The minimum absolute atomic E-state index is 0.0353. The number of aliphatic carboxylic acids is 1. The van der Waals surface area contributed by atoms with Crippen LogP contribution in [0.2, 0.25) is 0 Å². The number of carboxylic acids is 1. The monoisotopic (exact) mass is 194 g/mol. The summed E-state index contributed by atoms with van der Waals surface area (Å²) in [6.45, 7) is 0. The topological polar surface area (TPSA) is 46.5 Å². The van der Waals surface area contributed by atoms with Crippen LogP contribution in [0.3, 0.4) is 0 Å². The van der Waals surface area contributed by atoms with E-state index >= 15 is 0 Å². The number of ether oxygens (including phenoxy) is 1. The number of alkyl halides is 1. The van der Waals surface area contributed by atoms with Crippen LogP contribution in [0.15, 0.2) is 11.8 Å². The molecule has 0 fully saturated rings. The van der Waals surface area contributed by atoms with Crippen molar-refractivity contribution in [1.29, 1.82) is 0 Å². The van der Waals surface area contributed by atoms with Crippen LogP contribution in [0.1, 0.15) is 0 Å². The van der Waals surface area contributed by atoms with Crippen molar-refractivity contribution in [1.82, 2.24) is 0 Å². The minimum Gasteiger partial charge on any atom is -0.490 e. The SMILES string of the molecule is CO/C(=C\CBr)C(=O)O. The fourth-order valence-corrected chi connectivity index (χ4v) is 0.622. The molecule has 0 atom stereocenters. The molecule has 0 heterocycles. The van der Waals surface area contributed by atoms with E-state index in [9.17, 15) is 4.79 Å². The molecule has 0 aliphatic rings. The Morgan fingerprint density at radius 1 is 1.89 bits per heavy atom. The summed E-state index contributed by atoms with van der Waals surface area (Å²) >= 11 is 3.04. The van der Waals surface area contributed by atoms with Gasteiger partial charge in [-0.1, -0.05) is 15.9 Å². The first-order chi connectivity index (χ1) is 4.22. The fraction of sp³-hybridized carbons (Fsp3) is 0.400. The van der Waals surface area contributed by atoms with Gasteiger partial charge >= 0.3 is 5.97 Å². The van der Waals surface area contributed by atoms with E-state index in [2.05, 4.69) is 20.7 Å². The molecule has 0 rings (SSSR count). The molecular weight excluding hydrogens is 188 g/mol. The molecule has 3 nitrogen and oxygen atoms in total. The molecule has 0 amide bonds. The van der Waals surface area contributed by atoms with Gasteiger partial charge in [0, 0.05) is 5.33 Å². The molecule has 52 valence electrons. The van der Waals surface area contributed by atoms with E-state index in [0.29, 0.717) is 5.33 Å². The highest BCUT2D eigenvalue weighted by Gasteiger charge is 2.03. The summed E-state index contributed by atoms with van der Waals surface area (Å²) < 4.78 is 4.48. The second kappa shape index (κ2) is 4.38. The number of methoxy groups -OCH3 is 1. The number of rotatable bonds is 3. The number of halogens is 1. The van der Waals surface area contributed by atoms with Gasteiger partial charge < -0.3 is 9.84 Å². The molecule has 0 aromatic rings. The highest BCUT2D eigenvalue weighted by molar-refractivity contribution is 9.09. The Morgan fingerprint density at radius 2 is 2.44 bits per heavy atom. The van der Waals surface area contributed by atoms with E-state index in [1.807, 2.05) is 0 Å². The number of allylic oxidation sites excluding steroid dienone is 1. The summed E-state index contributed by atoms with van der Waals surface area (Å²) in [4.78, 5) is 10.1. The summed E-state index contributed by atoms with van der Waals surface area (Å²) in [6, 6.07) is 0. The first-order valence-corrected chi connectivity index (χ1v) is 3.38. The second-order valence-corrected chi connectivity index (χ2v) is 1.88. The smallest absolute Gasteiger partial charge is 0.370 e. The summed E-state index contributed by atoms with van der Waals surface area (Å²) in [5.41, 5.74) is 0. The van der Waals surface area contributed by atoms with Crippen molar-refractivity contribution in [2.45, 2.75) is 0 Å². The molecule has 1 N–H and O–H groups in total. The van der Waals surface area contributed by atoms with Crippen molar-refractivity contribution in [3.05, 3.63) is 11.8 Å². The molecule has 0 bridgehead atoms. The van der Waals surface area contributed by atoms with Gasteiger partial charge in [-0.2, -0.15) is 0 Å². The number of hydrogen-bond donors (Lipinski definition) is 1. The van der Waals surface area contributed by atoms with Crippen LogP contribution in [-0.4, -0.2) is 23.5 Å². The summed E-state index contributed by atoms with van der Waals surface area (Å²) in [6.07, 6.45) is 1.43. The summed E-state index contributed by atoms with van der Waals surface area (Å²) in [7, 11) is 1.32. The van der Waals surface area contributed by atoms with E-state index in [-0.39, 0.29) is 5.76 Å². The van der Waals surface area contributed by atoms with Gasteiger partial charge in [0.15, 0.2) is 0 Å². The van der Waals surface area contributed by atoms with Gasteiger partial charge in [-0.05, 0) is 6.08 Å². The maximum absolute atomic E-state index is 10.1. The van der Waals surface area contributed by atoms with Gasteiger partial charge in [0.1, 0.15) is 0 Å². The van der Waals surface area contributed by atoms with E-state index in [0.717, 1.165) is 0 Å². The van der Waals surface area contributed by atoms with E-state index < -0.39 is 5.97 Å². The van der Waals surface area contributed by atoms with Crippen molar-refractivity contribution in [3.63, 3.8) is 0 Å². The van der Waals surface area contributed by atoms with Crippen LogP contribution in [0, 0.1) is 0 Å². The molecule has 0 saturated carbocycles. The zero-order valence-electron chi connectivity index (χ0n) is 4.93. The molecule has 0 saturated heterocycles. The predicted molar refractivity (Wildman–Crippen MR) is 36.5 cm³/mol. The van der Waals surface area contributed by atoms with Crippen LogP contribution in [-0.2, 0) is 9.53 Å². The van der Waals surface area contributed by atoms with Crippen LogP contribution in [0.5, 0.6) is 0 Å². The van der Waals surface area contributed by atoms with Crippen LogP contribution in [0.4, 0.5) is 0 Å². The molecule has 0 spiro atoms. The summed E-state index contributed by atoms with van der Waals surface area (Å²) in [5.74, 6) is -1.08. The molecule has 0 aromatic carbocycles. The van der Waals surface area contributed by atoms with Gasteiger partial charge in [0.05, 0.1) is 7.11 Å². The van der Waals surface area contributed by atoms with Gasteiger partial charge in [0.2, 0.25) is 5.76 Å². The van der Waals surface area contributed by atoms with Gasteiger partial charge in [0.25, 0.3) is 0 Å². The first-order valence-electron chi connectivity index (χ1n) is 2.25. The number of carboxylic acid groups (broad SMARTS) is 1. The van der Waals surface area contributed by atoms with E-state index in [1.165, 1.54) is 13.2 Å². The Balaban J connectivity index is 3.98. The first kappa shape index (κ1) is 8.49. The van der Waals surface area contributed by atoms with Crippen molar-refractivity contribution in [2.24, 2.45) is 0 Å². The molecule has 4 heteroatoms. The maximum Gasteiger partial charge on any atom is 0.370 e. The molecule has 0 aliphatic carbocycles. The Kier molecular flexibility index (Phi) is 4.13. The molecular formula is C5H7BrO3. The highest BCUT2D eigenvalue weighted by atomic mass is 79.9. The zero-order chi connectivity index (χ0) is 7.28. The quantitative estimate of drug-likeness (QED) is 0.415. The third-order valence-corrected chi connectivity index (χ3v) is 1.02. The third-order valence-electron chi connectivity index (χ3n) is 0.693. The molecule has 0 unspecified atom stereocenters. The Labute approximate surface area is 61.4 Å². The van der Waals surface area contributed by atoms with E-state index in [4.69, 9.17) is 5.11 Å². The van der Waals surface area contributed by atoms with Gasteiger partial charge in [-0.15, -0.1) is 0 Å². The number of hydrogen-bond acceptors (Lipinski definition) is 2. The third kappa shape index (κ3) is 3.13. The molecule has 9 heavy (non-hydrogen) atoms. The Bertz CT molecular complexity index is 130. The molecule has 0 aromatic heterocycles. The fourth-order valence-electron chi connectivity index (χ4n) is 0.328. The van der Waals surface area contributed by atoms with Gasteiger partial charge in [-0.3, -0.25) is 0 Å². The average molecular weight is 195 g/mol. The molecule has 0 radical (unpaired) electrons. The minimum atomic E-state index is -1.04. The van der Waals surface area contributed by atoms with Crippen molar-refractivity contribution in [2.75, 3.05) is 12.4 Å². The zero-order valence-corrected chi connectivity index (χ0v) is 6.51. The normalized spacial score (nSPS) is 11.1. The number of carbonyl (C=O) groups is 1. The largest absolute Gasteiger partial charge is 0.490 e. The van der Waals surface area contributed by atoms with Gasteiger partial charge in [-0.25, -0.2) is 4.79 Å². The van der Waals surface area contributed by atoms with Crippen LogP contribution in [0.25, 0.3) is 0 Å². The average Bonchev–Trinajstić information content (AvgIpc) is 1.82. The van der Waals surface area contributed by atoms with E-state index in [1.54, 1.807) is 0 Å². The Hall–Kier alpha value is -0.510. The molecule has 0 aliphatic heterocycles. The Morgan fingerprint density at radius 3 is 2.56 bits per heavy atom. The standard InChI is InChI=1S/C5H7BrO3/c1-9-4(2-3-6)5(7)8/h2H,3H2,1H3,(H,7,8)/b4-2-. The lowest BCUT2D eigenvalue weighted by molar-refractivity contribution is -0.136. The highest BCUT2D eigenvalue weighted by Crippen LogP contribution is 1.95. The second-order valence-electron chi connectivity index (χ2n) is 1.23. The lowest BCUT2D eigenvalue weighted by Gasteiger charge is -1.96. The predicted octanol–water partition coefficient (Wildman–Crippen LogP) is 0.996. The lowest BCUT2D eigenvalue weighted by atomic mass is 10.5. The maximum atomic E-state index is 10.1. The summed E-state index contributed by atoms with van der Waals surface area (Å²) in [5, 5.41) is 8.78. The van der Waals surface area contributed by atoms with Crippen molar-refractivity contribution < 1.29 is 14.6 Å². The van der Waals surface area contributed by atoms with Crippen LogP contribution < -0.4 is 0 Å². The van der Waals surface area contributed by atoms with Crippen LogP contribution >= 0.6 is 15.9 Å². The lowest BCUT2D eigenvalue weighted by Crippen LogP contribution is -2.02. The van der Waals surface area contributed by atoms with Crippen molar-refractivity contribution >= 4 is 21.9 Å².